The summed E-state index contributed by atoms with van der Waals surface area (Å²) in [4.78, 5) is 21.2. The molecule has 0 bridgehead atoms. The van der Waals surface area contributed by atoms with Gasteiger partial charge in [-0.1, -0.05) is 18.2 Å². The molecular formula is C26H25F5N4O3. The van der Waals surface area contributed by atoms with Crippen molar-refractivity contribution in [1.29, 1.82) is 0 Å². The number of benzene rings is 2. The third-order valence-electron chi connectivity index (χ3n) is 6.80. The minimum Gasteiger partial charge on any atom is -0.406 e. The molecule has 2 aliphatic rings. The summed E-state index contributed by atoms with van der Waals surface area (Å²) >= 11 is 0. The third-order valence-corrected chi connectivity index (χ3v) is 6.80. The lowest BCUT2D eigenvalue weighted by Crippen LogP contribution is -2.52. The summed E-state index contributed by atoms with van der Waals surface area (Å²) in [5.41, 5.74) is 1.04. The number of rotatable bonds is 4. The lowest BCUT2D eigenvalue weighted by atomic mass is 9.83. The van der Waals surface area contributed by atoms with E-state index < -0.39 is 18.0 Å². The largest absolute Gasteiger partial charge is 0.573 e. The van der Waals surface area contributed by atoms with Crippen molar-refractivity contribution >= 4 is 6.03 Å². The maximum absolute atomic E-state index is 14.3. The van der Waals surface area contributed by atoms with Gasteiger partial charge in [-0.2, -0.15) is 0 Å². The van der Waals surface area contributed by atoms with Crippen LogP contribution in [0.3, 0.4) is 0 Å². The zero-order valence-electron chi connectivity index (χ0n) is 20.2. The molecule has 0 N–H and O–H groups in total. The molecule has 202 valence electrons. The van der Waals surface area contributed by atoms with E-state index in [0.717, 1.165) is 17.7 Å². The Morgan fingerprint density at radius 2 is 1.61 bits per heavy atom. The highest BCUT2D eigenvalue weighted by molar-refractivity contribution is 5.75. The molecule has 2 saturated heterocycles. The normalized spacial score (nSPS) is 20.4. The third kappa shape index (κ3) is 5.74. The highest BCUT2D eigenvalue weighted by atomic mass is 19.4. The average Bonchev–Trinajstić information content (AvgIpc) is 3.38. The first-order chi connectivity index (χ1) is 18.2. The number of amides is 2. The van der Waals surface area contributed by atoms with Crippen LogP contribution in [-0.4, -0.2) is 71.1 Å². The number of piperidine rings is 1. The standard InChI is InChI=1S/C26H25F5N4O3/c27-21-2-1-3-22(28)24(21)35-15-23(32-16-35)19-12-18(17-4-6-20(7-5-17)38-26(29,30)31)13-34(14-19)25(36)33-8-10-37-11-9-33/h1-7,15-16,18-19H,8-14H2. The van der Waals surface area contributed by atoms with Gasteiger partial charge < -0.3 is 23.8 Å². The van der Waals surface area contributed by atoms with Crippen molar-refractivity contribution in [1.82, 2.24) is 19.4 Å². The van der Waals surface area contributed by atoms with Crippen LogP contribution in [0.4, 0.5) is 26.7 Å². The molecule has 2 amide bonds. The second-order valence-corrected chi connectivity index (χ2v) is 9.31. The highest BCUT2D eigenvalue weighted by Gasteiger charge is 2.36. The summed E-state index contributed by atoms with van der Waals surface area (Å²) < 4.78 is 77.1. The fraction of sp³-hybridized carbons (Fsp3) is 0.385. The van der Waals surface area contributed by atoms with Crippen LogP contribution in [0.5, 0.6) is 5.75 Å². The van der Waals surface area contributed by atoms with Gasteiger partial charge in [0.1, 0.15) is 23.1 Å². The van der Waals surface area contributed by atoms with Gasteiger partial charge in [0.2, 0.25) is 0 Å². The average molecular weight is 537 g/mol. The molecule has 2 fully saturated rings. The number of carbonyl (C=O) groups excluding carboxylic acids is 1. The number of para-hydroxylation sites is 1. The number of hydrogen-bond acceptors (Lipinski definition) is 4. The van der Waals surface area contributed by atoms with Gasteiger partial charge in [-0.25, -0.2) is 18.6 Å². The molecule has 38 heavy (non-hydrogen) atoms. The van der Waals surface area contributed by atoms with Gasteiger partial charge in [-0.05, 0) is 36.2 Å². The smallest absolute Gasteiger partial charge is 0.406 e. The Morgan fingerprint density at radius 3 is 2.26 bits per heavy atom. The summed E-state index contributed by atoms with van der Waals surface area (Å²) in [5, 5.41) is 0. The number of carbonyl (C=O) groups is 1. The molecule has 3 aromatic rings. The van der Waals surface area contributed by atoms with Gasteiger partial charge >= 0.3 is 12.4 Å². The van der Waals surface area contributed by atoms with Crippen molar-refractivity contribution in [2.75, 3.05) is 39.4 Å². The van der Waals surface area contributed by atoms with E-state index in [4.69, 9.17) is 4.74 Å². The predicted molar refractivity (Wildman–Crippen MR) is 126 cm³/mol. The number of urea groups is 1. The quantitative estimate of drug-likeness (QED) is 0.437. The van der Waals surface area contributed by atoms with Crippen molar-refractivity contribution in [3.8, 4) is 11.4 Å². The van der Waals surface area contributed by atoms with Crippen molar-refractivity contribution in [2.24, 2.45) is 0 Å². The SMILES string of the molecule is O=C(N1CCOCC1)N1CC(c2ccc(OC(F)(F)F)cc2)CC(c2cn(-c3c(F)cccc3F)cn2)C1. The molecule has 12 heteroatoms. The Labute approximate surface area is 215 Å². The maximum Gasteiger partial charge on any atom is 0.573 e. The Bertz CT molecular complexity index is 1250. The van der Waals surface area contributed by atoms with Crippen LogP contribution in [0.2, 0.25) is 0 Å². The zero-order valence-corrected chi connectivity index (χ0v) is 20.2. The van der Waals surface area contributed by atoms with E-state index in [2.05, 4.69) is 9.72 Å². The van der Waals surface area contributed by atoms with Crippen molar-refractivity contribution in [2.45, 2.75) is 24.6 Å². The first-order valence-electron chi connectivity index (χ1n) is 12.1. The Kier molecular flexibility index (Phi) is 7.24. The molecule has 7 nitrogen and oxygen atoms in total. The number of likely N-dealkylation sites (tertiary alicyclic amines) is 1. The molecule has 2 aliphatic heterocycles. The van der Waals surface area contributed by atoms with E-state index in [-0.39, 0.29) is 29.3 Å². The minimum atomic E-state index is -4.80. The van der Waals surface area contributed by atoms with E-state index >= 15 is 0 Å². The predicted octanol–water partition coefficient (Wildman–Crippen LogP) is 5.07. The van der Waals surface area contributed by atoms with Gasteiger partial charge in [0.15, 0.2) is 0 Å². The fourth-order valence-electron chi connectivity index (χ4n) is 5.01. The number of nitrogens with zero attached hydrogens (tertiary/aromatic N) is 4. The van der Waals surface area contributed by atoms with Crippen molar-refractivity contribution in [3.63, 3.8) is 0 Å². The van der Waals surface area contributed by atoms with Crippen molar-refractivity contribution in [3.05, 3.63) is 77.9 Å². The van der Waals surface area contributed by atoms with E-state index in [9.17, 15) is 26.7 Å². The fourth-order valence-corrected chi connectivity index (χ4v) is 5.01. The summed E-state index contributed by atoms with van der Waals surface area (Å²) in [6, 6.07) is 9.02. The van der Waals surface area contributed by atoms with Gasteiger partial charge in [0.05, 0.1) is 25.2 Å². The topological polar surface area (TPSA) is 59.8 Å². The van der Waals surface area contributed by atoms with Gasteiger partial charge in [0.25, 0.3) is 0 Å². The molecular weight excluding hydrogens is 511 g/mol. The van der Waals surface area contributed by atoms with Crippen LogP contribution in [0.25, 0.3) is 5.69 Å². The second-order valence-electron chi connectivity index (χ2n) is 9.31. The molecule has 1 aromatic heterocycles. The van der Waals surface area contributed by atoms with Crippen LogP contribution in [0.1, 0.15) is 29.5 Å². The van der Waals surface area contributed by atoms with E-state index in [1.54, 1.807) is 28.1 Å². The van der Waals surface area contributed by atoms with E-state index in [1.165, 1.54) is 29.1 Å². The van der Waals surface area contributed by atoms with Crippen LogP contribution in [-0.2, 0) is 4.74 Å². The van der Waals surface area contributed by atoms with Gasteiger partial charge in [-0.15, -0.1) is 13.2 Å². The van der Waals surface area contributed by atoms with Crippen LogP contribution in [0.15, 0.2) is 55.0 Å². The first-order valence-corrected chi connectivity index (χ1v) is 12.1. The number of alkyl halides is 3. The molecule has 0 aliphatic carbocycles. The molecule has 0 saturated carbocycles. The van der Waals surface area contributed by atoms with E-state index in [0.29, 0.717) is 51.5 Å². The number of imidazole rings is 1. The van der Waals surface area contributed by atoms with E-state index in [1.807, 2.05) is 0 Å². The monoisotopic (exact) mass is 536 g/mol. The highest BCUT2D eigenvalue weighted by Crippen LogP contribution is 2.37. The maximum atomic E-state index is 14.3. The molecule has 2 aromatic carbocycles. The van der Waals surface area contributed by atoms with Crippen LogP contribution < -0.4 is 4.74 Å². The summed E-state index contributed by atoms with van der Waals surface area (Å²) in [7, 11) is 0. The zero-order chi connectivity index (χ0) is 26.9. The molecule has 0 radical (unpaired) electrons. The molecule has 2 atom stereocenters. The lowest BCUT2D eigenvalue weighted by Gasteiger charge is -2.40. The Morgan fingerprint density at radius 1 is 0.947 bits per heavy atom. The number of hydrogen-bond donors (Lipinski definition) is 0. The van der Waals surface area contributed by atoms with Gasteiger partial charge in [0, 0.05) is 44.2 Å². The Balaban J connectivity index is 1.42. The summed E-state index contributed by atoms with van der Waals surface area (Å²) in [6.07, 6.45) is -1.39. The second kappa shape index (κ2) is 10.6. The molecule has 0 spiro atoms. The first kappa shape index (κ1) is 26.0. The number of halogens is 5. The molecule has 2 unspecified atom stereocenters. The molecule has 5 rings (SSSR count). The number of aromatic nitrogens is 2. The number of ether oxygens (including phenoxy) is 2. The minimum absolute atomic E-state index is 0.167. The van der Waals surface area contributed by atoms with Gasteiger partial charge in [-0.3, -0.25) is 0 Å². The number of morpholine rings is 1. The Hall–Kier alpha value is -3.67. The van der Waals surface area contributed by atoms with Crippen molar-refractivity contribution < 1.29 is 36.2 Å². The summed E-state index contributed by atoms with van der Waals surface area (Å²) in [6.45, 7) is 2.47. The molecule has 3 heterocycles. The van der Waals surface area contributed by atoms with Crippen LogP contribution >= 0.6 is 0 Å². The van der Waals surface area contributed by atoms with Crippen LogP contribution in [0, 0.1) is 11.6 Å². The summed E-state index contributed by atoms with van der Waals surface area (Å²) in [5.74, 6) is -2.29. The lowest BCUT2D eigenvalue weighted by molar-refractivity contribution is -0.274.